The minimum atomic E-state index is -0.189. The van der Waals surface area contributed by atoms with Crippen molar-refractivity contribution in [3.63, 3.8) is 0 Å². The number of halogens is 1. The standard InChI is InChI=1S/C15H17ClN4O2/c16-11-1-3-14(4-2-11)20-7-5-13(10-20)18-15(21)17-9-12-6-8-22-19-12/h1-4,6,8,13H,5,7,9-10H2,(H2,17,18,21)/t13-/m1/s1. The summed E-state index contributed by atoms with van der Waals surface area (Å²) in [5, 5.41) is 10.2. The Bertz CT molecular complexity index is 615. The van der Waals surface area contributed by atoms with Crippen LogP contribution in [-0.2, 0) is 6.54 Å². The van der Waals surface area contributed by atoms with E-state index < -0.39 is 0 Å². The molecule has 0 spiro atoms. The minimum absolute atomic E-state index is 0.132. The lowest BCUT2D eigenvalue weighted by Crippen LogP contribution is -2.43. The van der Waals surface area contributed by atoms with E-state index in [1.54, 1.807) is 6.07 Å². The zero-order valence-electron chi connectivity index (χ0n) is 12.0. The van der Waals surface area contributed by atoms with Gasteiger partial charge in [-0.2, -0.15) is 0 Å². The molecule has 2 heterocycles. The van der Waals surface area contributed by atoms with Crippen LogP contribution < -0.4 is 15.5 Å². The third-order valence-corrected chi connectivity index (χ3v) is 3.89. The maximum atomic E-state index is 11.9. The van der Waals surface area contributed by atoms with E-state index in [9.17, 15) is 4.79 Å². The van der Waals surface area contributed by atoms with Crippen molar-refractivity contribution in [1.82, 2.24) is 15.8 Å². The Labute approximate surface area is 133 Å². The number of rotatable bonds is 4. The molecule has 1 aromatic heterocycles. The van der Waals surface area contributed by atoms with Crippen LogP contribution in [0.15, 0.2) is 41.1 Å². The summed E-state index contributed by atoms with van der Waals surface area (Å²) in [6, 6.07) is 9.41. The number of anilines is 1. The molecule has 116 valence electrons. The average Bonchev–Trinajstić information content (AvgIpc) is 3.17. The highest BCUT2D eigenvalue weighted by Crippen LogP contribution is 2.22. The highest BCUT2D eigenvalue weighted by molar-refractivity contribution is 6.30. The molecule has 0 aliphatic carbocycles. The lowest BCUT2D eigenvalue weighted by molar-refractivity contribution is 0.237. The number of carbonyl (C=O) groups excluding carboxylic acids is 1. The number of hydrogen-bond acceptors (Lipinski definition) is 4. The van der Waals surface area contributed by atoms with E-state index in [0.717, 1.165) is 30.2 Å². The molecule has 2 N–H and O–H groups in total. The van der Waals surface area contributed by atoms with Gasteiger partial charge in [0.2, 0.25) is 0 Å². The second-order valence-electron chi connectivity index (χ2n) is 5.23. The molecule has 1 aliphatic rings. The van der Waals surface area contributed by atoms with Crippen molar-refractivity contribution >= 4 is 23.3 Å². The van der Waals surface area contributed by atoms with E-state index in [-0.39, 0.29) is 12.1 Å². The third-order valence-electron chi connectivity index (χ3n) is 3.64. The normalized spacial score (nSPS) is 17.5. The molecule has 22 heavy (non-hydrogen) atoms. The van der Waals surface area contributed by atoms with Crippen molar-refractivity contribution < 1.29 is 9.32 Å². The predicted octanol–water partition coefficient (Wildman–Crippen LogP) is 2.41. The Morgan fingerprint density at radius 3 is 2.91 bits per heavy atom. The first-order valence-corrected chi connectivity index (χ1v) is 7.52. The van der Waals surface area contributed by atoms with Gasteiger partial charge in [0.15, 0.2) is 0 Å². The van der Waals surface area contributed by atoms with E-state index in [4.69, 9.17) is 16.1 Å². The molecule has 1 aliphatic heterocycles. The van der Waals surface area contributed by atoms with Gasteiger partial charge in [-0.25, -0.2) is 4.79 Å². The van der Waals surface area contributed by atoms with Crippen LogP contribution in [0.5, 0.6) is 0 Å². The predicted molar refractivity (Wildman–Crippen MR) is 83.9 cm³/mol. The van der Waals surface area contributed by atoms with Crippen molar-refractivity contribution in [2.75, 3.05) is 18.0 Å². The van der Waals surface area contributed by atoms with E-state index >= 15 is 0 Å². The third kappa shape index (κ3) is 3.71. The first-order valence-electron chi connectivity index (χ1n) is 7.15. The Balaban J connectivity index is 1.46. The second-order valence-corrected chi connectivity index (χ2v) is 5.66. The van der Waals surface area contributed by atoms with Gasteiger partial charge >= 0.3 is 6.03 Å². The van der Waals surface area contributed by atoms with Crippen LogP contribution >= 0.6 is 11.6 Å². The zero-order valence-corrected chi connectivity index (χ0v) is 12.7. The molecule has 0 radical (unpaired) electrons. The van der Waals surface area contributed by atoms with Gasteiger partial charge in [-0.1, -0.05) is 16.8 Å². The molecule has 0 unspecified atom stereocenters. The maximum Gasteiger partial charge on any atom is 0.315 e. The second kappa shape index (κ2) is 6.70. The first-order chi connectivity index (χ1) is 10.7. The van der Waals surface area contributed by atoms with Gasteiger partial charge in [-0.05, 0) is 30.7 Å². The SMILES string of the molecule is O=C(NCc1ccon1)N[C@@H]1CCN(c2ccc(Cl)cc2)C1. The highest BCUT2D eigenvalue weighted by atomic mass is 35.5. The fraction of sp³-hybridized carbons (Fsp3) is 0.333. The van der Waals surface area contributed by atoms with Crippen LogP contribution in [0.1, 0.15) is 12.1 Å². The van der Waals surface area contributed by atoms with Gasteiger partial charge in [0.05, 0.1) is 6.54 Å². The summed E-state index contributed by atoms with van der Waals surface area (Å²) in [7, 11) is 0. The van der Waals surface area contributed by atoms with Crippen LogP contribution in [0.4, 0.5) is 10.5 Å². The van der Waals surface area contributed by atoms with E-state index in [1.807, 2.05) is 24.3 Å². The fourth-order valence-electron chi connectivity index (χ4n) is 2.50. The molecule has 0 saturated carbocycles. The molecule has 1 fully saturated rings. The van der Waals surface area contributed by atoms with Crippen molar-refractivity contribution in [3.8, 4) is 0 Å². The van der Waals surface area contributed by atoms with Crippen molar-refractivity contribution in [2.45, 2.75) is 19.0 Å². The Hall–Kier alpha value is -2.21. The van der Waals surface area contributed by atoms with Crippen LogP contribution in [-0.4, -0.2) is 30.3 Å². The minimum Gasteiger partial charge on any atom is -0.369 e. The Kier molecular flexibility index (Phi) is 4.48. The van der Waals surface area contributed by atoms with Crippen molar-refractivity contribution in [2.24, 2.45) is 0 Å². The van der Waals surface area contributed by atoms with Gasteiger partial charge in [-0.3, -0.25) is 0 Å². The number of amides is 2. The summed E-state index contributed by atoms with van der Waals surface area (Å²) in [5.41, 5.74) is 1.82. The van der Waals surface area contributed by atoms with Crippen LogP contribution in [0.2, 0.25) is 5.02 Å². The number of aromatic nitrogens is 1. The molecule has 2 amide bonds. The van der Waals surface area contributed by atoms with E-state index in [1.165, 1.54) is 6.26 Å². The van der Waals surface area contributed by atoms with Gasteiger partial charge < -0.3 is 20.1 Å². The summed E-state index contributed by atoms with van der Waals surface area (Å²) >= 11 is 5.90. The molecule has 2 aromatic rings. The number of carbonyl (C=O) groups is 1. The molecule has 3 rings (SSSR count). The van der Waals surface area contributed by atoms with Gasteiger partial charge in [0.1, 0.15) is 12.0 Å². The summed E-state index contributed by atoms with van der Waals surface area (Å²) in [6.45, 7) is 2.06. The van der Waals surface area contributed by atoms with Gasteiger partial charge in [0.25, 0.3) is 0 Å². The smallest absolute Gasteiger partial charge is 0.315 e. The molecule has 0 bridgehead atoms. The summed E-state index contributed by atoms with van der Waals surface area (Å²) in [6.07, 6.45) is 2.40. The monoisotopic (exact) mass is 320 g/mol. The molecule has 7 heteroatoms. The molecule has 1 aromatic carbocycles. The average molecular weight is 321 g/mol. The van der Waals surface area contributed by atoms with E-state index in [2.05, 4.69) is 20.7 Å². The van der Waals surface area contributed by atoms with Crippen molar-refractivity contribution in [3.05, 3.63) is 47.3 Å². The lowest BCUT2D eigenvalue weighted by Gasteiger charge is -2.19. The van der Waals surface area contributed by atoms with Gasteiger partial charge in [-0.15, -0.1) is 0 Å². The van der Waals surface area contributed by atoms with Crippen LogP contribution in [0.25, 0.3) is 0 Å². The lowest BCUT2D eigenvalue weighted by atomic mass is 10.3. The summed E-state index contributed by atoms with van der Waals surface area (Å²) in [5.74, 6) is 0. The van der Waals surface area contributed by atoms with Crippen molar-refractivity contribution in [1.29, 1.82) is 0 Å². The number of urea groups is 1. The molecule has 1 atom stereocenters. The van der Waals surface area contributed by atoms with Crippen LogP contribution in [0.3, 0.4) is 0 Å². The molecular weight excluding hydrogens is 304 g/mol. The summed E-state index contributed by atoms with van der Waals surface area (Å²) in [4.78, 5) is 14.1. The largest absolute Gasteiger partial charge is 0.369 e. The number of hydrogen-bond donors (Lipinski definition) is 2. The van der Waals surface area contributed by atoms with Gasteiger partial charge in [0, 0.05) is 35.9 Å². The highest BCUT2D eigenvalue weighted by Gasteiger charge is 2.24. The number of nitrogens with one attached hydrogen (secondary N) is 2. The molecule has 6 nitrogen and oxygen atoms in total. The topological polar surface area (TPSA) is 70.4 Å². The number of benzene rings is 1. The Morgan fingerprint density at radius 2 is 2.18 bits per heavy atom. The van der Waals surface area contributed by atoms with Crippen LogP contribution in [0, 0.1) is 0 Å². The fourth-order valence-corrected chi connectivity index (χ4v) is 2.63. The van der Waals surface area contributed by atoms with E-state index in [0.29, 0.717) is 12.2 Å². The Morgan fingerprint density at radius 1 is 1.36 bits per heavy atom. The first kappa shape index (κ1) is 14.7. The quantitative estimate of drug-likeness (QED) is 0.907. The number of nitrogens with zero attached hydrogens (tertiary/aromatic N) is 2. The molecule has 1 saturated heterocycles. The molecular formula is C15H17ClN4O2. The summed E-state index contributed by atoms with van der Waals surface area (Å²) < 4.78 is 4.71. The maximum absolute atomic E-state index is 11.9. The zero-order chi connectivity index (χ0) is 15.4.